The van der Waals surface area contributed by atoms with Gasteiger partial charge < -0.3 is 13.8 Å². The molecule has 0 fully saturated rings. The third-order valence-electron chi connectivity index (χ3n) is 14.6. The molecular weight excluding hydrogens is 756 g/mol. The molecule has 4 aromatic heterocycles. The van der Waals surface area contributed by atoms with E-state index in [1.165, 1.54) is 125 Å². The second-order valence-electron chi connectivity index (χ2n) is 18.7. The molecule has 7 aromatic carbocycles. The van der Waals surface area contributed by atoms with Gasteiger partial charge in [0.2, 0.25) is 0 Å². The maximum atomic E-state index is 7.06. The SMILES string of the molecule is Cc1cc2c(cc1N1c3cc4c(oc5ccccc54)c4c3B(c3ccc5c(sc6ccccc65)c31)n1c3sc5ccccc5c3c3cccc-4c31)C(C)(C)CCC2(C)C. The van der Waals surface area contributed by atoms with E-state index in [0.29, 0.717) is 0 Å². The molecule has 11 aromatic rings. The Hall–Kier alpha value is -5.82. The van der Waals surface area contributed by atoms with Crippen molar-refractivity contribution in [1.29, 1.82) is 0 Å². The third kappa shape index (κ3) is 4.00. The molecule has 2 aliphatic heterocycles. The Morgan fingerprint density at radius 1 is 0.627 bits per heavy atom. The molecule has 6 heterocycles. The second-order valence-corrected chi connectivity index (χ2v) is 20.8. The molecule has 0 atom stereocenters. The maximum Gasteiger partial charge on any atom is 0.333 e. The van der Waals surface area contributed by atoms with Gasteiger partial charge in [0.25, 0.3) is 0 Å². The van der Waals surface area contributed by atoms with Gasteiger partial charge in [-0.1, -0.05) is 119 Å². The Morgan fingerprint density at radius 3 is 2.14 bits per heavy atom. The minimum atomic E-state index is -0.0604. The van der Waals surface area contributed by atoms with Crippen molar-refractivity contribution in [2.45, 2.75) is 58.3 Å². The van der Waals surface area contributed by atoms with Crippen LogP contribution in [0.2, 0.25) is 0 Å². The van der Waals surface area contributed by atoms with Crippen LogP contribution in [0.25, 0.3) is 84.4 Å². The van der Waals surface area contributed by atoms with E-state index in [1.54, 1.807) is 0 Å². The first-order valence-corrected chi connectivity index (χ1v) is 22.6. The van der Waals surface area contributed by atoms with Crippen LogP contribution < -0.4 is 15.8 Å². The van der Waals surface area contributed by atoms with Crippen molar-refractivity contribution < 1.29 is 4.42 Å². The van der Waals surface area contributed by atoms with Crippen molar-refractivity contribution in [3.05, 3.63) is 138 Å². The summed E-state index contributed by atoms with van der Waals surface area (Å²) in [5.74, 6) is 0. The molecule has 282 valence electrons. The highest BCUT2D eigenvalue weighted by atomic mass is 32.1. The minimum absolute atomic E-state index is 0.0602. The first-order valence-electron chi connectivity index (χ1n) is 21.0. The molecule has 3 nitrogen and oxygen atoms in total. The number of para-hydroxylation sites is 2. The first kappa shape index (κ1) is 33.1. The summed E-state index contributed by atoms with van der Waals surface area (Å²) in [5, 5.41) is 9.00. The molecule has 0 saturated carbocycles. The van der Waals surface area contributed by atoms with Gasteiger partial charge in [-0.15, -0.1) is 22.7 Å². The maximum absolute atomic E-state index is 7.06. The van der Waals surface area contributed by atoms with Crippen molar-refractivity contribution in [3.63, 3.8) is 0 Å². The average Bonchev–Trinajstić information content (AvgIpc) is 4.00. The smallest absolute Gasteiger partial charge is 0.333 e. The predicted molar refractivity (Wildman–Crippen MR) is 256 cm³/mol. The summed E-state index contributed by atoms with van der Waals surface area (Å²) >= 11 is 3.88. The van der Waals surface area contributed by atoms with E-state index < -0.39 is 0 Å². The number of thiophene rings is 2. The topological polar surface area (TPSA) is 21.3 Å². The largest absolute Gasteiger partial charge is 0.455 e. The van der Waals surface area contributed by atoms with Crippen LogP contribution in [0.15, 0.2) is 126 Å². The molecule has 0 N–H and O–H groups in total. The van der Waals surface area contributed by atoms with Gasteiger partial charge in [-0.2, -0.15) is 0 Å². The van der Waals surface area contributed by atoms with E-state index in [1.807, 2.05) is 22.7 Å². The number of rotatable bonds is 1. The van der Waals surface area contributed by atoms with Gasteiger partial charge in [0, 0.05) is 75.1 Å². The normalized spacial score (nSPS) is 16.3. The van der Waals surface area contributed by atoms with Crippen molar-refractivity contribution >= 4 is 131 Å². The van der Waals surface area contributed by atoms with Gasteiger partial charge >= 0.3 is 6.85 Å². The van der Waals surface area contributed by atoms with Crippen molar-refractivity contribution in [2.75, 3.05) is 4.90 Å². The summed E-state index contributed by atoms with van der Waals surface area (Å²) in [5.41, 5.74) is 16.7. The highest BCUT2D eigenvalue weighted by molar-refractivity contribution is 7.27. The summed E-state index contributed by atoms with van der Waals surface area (Å²) in [6.45, 7) is 12.1. The van der Waals surface area contributed by atoms with Crippen LogP contribution in [0.1, 0.15) is 57.2 Å². The molecule has 14 rings (SSSR count). The summed E-state index contributed by atoms with van der Waals surface area (Å²) in [6.07, 6.45) is 2.36. The summed E-state index contributed by atoms with van der Waals surface area (Å²) in [7, 11) is 0. The number of hydrogen-bond donors (Lipinski definition) is 0. The first-order chi connectivity index (χ1) is 28.7. The predicted octanol–water partition coefficient (Wildman–Crippen LogP) is 14.4. The van der Waals surface area contributed by atoms with E-state index in [-0.39, 0.29) is 17.7 Å². The lowest BCUT2D eigenvalue weighted by molar-refractivity contribution is 0.332. The highest BCUT2D eigenvalue weighted by Gasteiger charge is 2.47. The number of benzene rings is 7. The van der Waals surface area contributed by atoms with Gasteiger partial charge in [-0.3, -0.25) is 0 Å². The highest BCUT2D eigenvalue weighted by Crippen LogP contribution is 2.55. The monoisotopic (exact) mass is 794 g/mol. The van der Waals surface area contributed by atoms with Crippen molar-refractivity contribution in [2.24, 2.45) is 0 Å². The minimum Gasteiger partial charge on any atom is -0.455 e. The molecule has 59 heavy (non-hydrogen) atoms. The van der Waals surface area contributed by atoms with E-state index >= 15 is 0 Å². The lowest BCUT2D eigenvalue weighted by atomic mass is 9.45. The average molecular weight is 795 g/mol. The summed E-state index contributed by atoms with van der Waals surface area (Å²) in [6, 6.07) is 46.1. The summed E-state index contributed by atoms with van der Waals surface area (Å²) in [4.78, 5) is 4.04. The Morgan fingerprint density at radius 2 is 1.32 bits per heavy atom. The molecular formula is C53H39BN2OS2. The zero-order chi connectivity index (χ0) is 39.3. The van der Waals surface area contributed by atoms with Gasteiger partial charge in [0.1, 0.15) is 11.2 Å². The standard InChI is InChI=1S/C53H39BN2OS2/c1-28-25-36-37(53(4,5)24-23-52(36,2)3)27-39(28)55-40-26-35-29-13-6-9-18-41(29)57-49(35)45-34-17-12-16-33-44-32-15-8-11-20-43(32)59-51(44)56(47(33)34)54(46(40)45)38-22-21-31-30-14-7-10-19-42(30)58-50(31)48(38)55/h6-22,25-27H,23-24H2,1-5H3. The van der Waals surface area contributed by atoms with Crippen LogP contribution in [-0.4, -0.2) is 11.3 Å². The number of anilines is 3. The zero-order valence-corrected chi connectivity index (χ0v) is 35.3. The van der Waals surface area contributed by atoms with E-state index in [2.05, 4.69) is 165 Å². The van der Waals surface area contributed by atoms with Gasteiger partial charge in [0.05, 0.1) is 15.2 Å². The molecule has 3 aliphatic rings. The molecule has 0 bridgehead atoms. The number of fused-ring (bicyclic) bond motifs is 18. The fourth-order valence-electron chi connectivity index (χ4n) is 11.6. The second kappa shape index (κ2) is 10.9. The van der Waals surface area contributed by atoms with Gasteiger partial charge in [-0.05, 0) is 88.5 Å². The number of furan rings is 1. The van der Waals surface area contributed by atoms with Gasteiger partial charge in [-0.25, -0.2) is 0 Å². The molecule has 0 amide bonds. The van der Waals surface area contributed by atoms with E-state index in [9.17, 15) is 0 Å². The van der Waals surface area contributed by atoms with Crippen LogP contribution in [-0.2, 0) is 10.8 Å². The van der Waals surface area contributed by atoms with E-state index in [4.69, 9.17) is 4.42 Å². The molecule has 0 unspecified atom stereocenters. The fourth-order valence-corrected chi connectivity index (χ4v) is 14.1. The van der Waals surface area contributed by atoms with Crippen LogP contribution >= 0.6 is 22.7 Å². The Kier molecular flexibility index (Phi) is 6.09. The quantitative estimate of drug-likeness (QED) is 0.154. The zero-order valence-electron chi connectivity index (χ0n) is 33.7. The lowest BCUT2D eigenvalue weighted by Gasteiger charge is -2.44. The number of nitrogens with zero attached hydrogens (tertiary/aromatic N) is 2. The van der Waals surface area contributed by atoms with Crippen LogP contribution in [0.5, 0.6) is 0 Å². The van der Waals surface area contributed by atoms with Crippen LogP contribution in [0.4, 0.5) is 17.1 Å². The van der Waals surface area contributed by atoms with Crippen LogP contribution in [0, 0.1) is 6.92 Å². The molecule has 1 aliphatic carbocycles. The molecule has 0 spiro atoms. The Bertz CT molecular complexity index is 3720. The van der Waals surface area contributed by atoms with Crippen LogP contribution in [0.3, 0.4) is 0 Å². The molecule has 0 radical (unpaired) electrons. The Balaban J connectivity index is 1.22. The third-order valence-corrected chi connectivity index (χ3v) is 16.9. The van der Waals surface area contributed by atoms with Crippen molar-refractivity contribution in [3.8, 4) is 11.1 Å². The fraction of sp³-hybridized carbons (Fsp3) is 0.170. The summed E-state index contributed by atoms with van der Waals surface area (Å²) < 4.78 is 13.8. The number of hydrogen-bond acceptors (Lipinski definition) is 4. The molecule has 6 heteroatoms. The lowest BCUT2D eigenvalue weighted by Crippen LogP contribution is -2.56. The van der Waals surface area contributed by atoms with Crippen molar-refractivity contribution in [1.82, 2.24) is 4.48 Å². The van der Waals surface area contributed by atoms with Gasteiger partial charge in [0.15, 0.2) is 0 Å². The Labute approximate surface area is 350 Å². The number of aromatic nitrogens is 1. The van der Waals surface area contributed by atoms with E-state index in [0.717, 1.165) is 16.6 Å². The molecule has 0 saturated heterocycles. The number of aryl methyl sites for hydroxylation is 1.